The van der Waals surface area contributed by atoms with Gasteiger partial charge in [0, 0.05) is 31.7 Å². The third-order valence-electron chi connectivity index (χ3n) is 4.52. The summed E-state index contributed by atoms with van der Waals surface area (Å²) in [5.41, 5.74) is 8.15. The highest BCUT2D eigenvalue weighted by molar-refractivity contribution is 5.30. The largest absolute Gasteiger partial charge is 0.329 e. The van der Waals surface area contributed by atoms with E-state index < -0.39 is 0 Å². The number of benzene rings is 1. The number of aryl methyl sites for hydroxylation is 1. The van der Waals surface area contributed by atoms with Gasteiger partial charge >= 0.3 is 0 Å². The number of likely N-dealkylation sites (N-methyl/N-ethyl adjacent to an activating group) is 1. The van der Waals surface area contributed by atoms with Gasteiger partial charge in [-0.2, -0.15) is 0 Å². The van der Waals surface area contributed by atoms with E-state index in [4.69, 9.17) is 5.73 Å². The van der Waals surface area contributed by atoms with Crippen molar-refractivity contribution in [3.05, 3.63) is 35.1 Å². The Bertz CT molecular complexity index is 461. The van der Waals surface area contributed by atoms with Crippen molar-refractivity contribution in [1.82, 2.24) is 9.80 Å². The van der Waals surface area contributed by atoms with Crippen LogP contribution in [0.3, 0.4) is 0 Å². The van der Waals surface area contributed by atoms with E-state index in [1.807, 2.05) is 13.0 Å². The van der Waals surface area contributed by atoms with Crippen LogP contribution in [0.5, 0.6) is 0 Å². The fourth-order valence-corrected chi connectivity index (χ4v) is 3.40. The molecule has 1 aromatic rings. The Morgan fingerprint density at radius 2 is 2.10 bits per heavy atom. The fraction of sp³-hybridized carbons (Fsp3) is 0.625. The molecule has 0 aliphatic carbocycles. The van der Waals surface area contributed by atoms with Gasteiger partial charge in [-0.3, -0.25) is 4.90 Å². The first-order valence-electron chi connectivity index (χ1n) is 7.30. The van der Waals surface area contributed by atoms with Crippen molar-refractivity contribution in [1.29, 1.82) is 0 Å². The maximum Gasteiger partial charge on any atom is 0.123 e. The molecule has 1 heterocycles. The molecular weight excluding hydrogens is 253 g/mol. The Morgan fingerprint density at radius 1 is 1.40 bits per heavy atom. The molecule has 3 nitrogen and oxygen atoms in total. The summed E-state index contributed by atoms with van der Waals surface area (Å²) in [6, 6.07) is 5.76. The molecule has 3 atom stereocenters. The predicted octanol–water partition coefficient (Wildman–Crippen LogP) is 2.02. The second kappa shape index (κ2) is 6.20. The molecule has 1 saturated heterocycles. The monoisotopic (exact) mass is 279 g/mol. The molecule has 0 amide bonds. The predicted molar refractivity (Wildman–Crippen MR) is 81.1 cm³/mol. The van der Waals surface area contributed by atoms with Gasteiger partial charge in [0.2, 0.25) is 0 Å². The van der Waals surface area contributed by atoms with Crippen molar-refractivity contribution in [2.75, 3.05) is 33.7 Å². The van der Waals surface area contributed by atoms with E-state index in [1.165, 1.54) is 6.07 Å². The Kier molecular flexibility index (Phi) is 4.78. The highest BCUT2D eigenvalue weighted by Crippen LogP contribution is 2.30. The molecule has 0 saturated carbocycles. The average molecular weight is 279 g/mol. The molecule has 0 aromatic heterocycles. The molecule has 3 unspecified atom stereocenters. The maximum absolute atomic E-state index is 13.3. The van der Waals surface area contributed by atoms with Crippen molar-refractivity contribution in [2.45, 2.75) is 25.9 Å². The number of rotatable bonds is 4. The van der Waals surface area contributed by atoms with Crippen LogP contribution < -0.4 is 5.73 Å². The molecular formula is C16H26FN3. The van der Waals surface area contributed by atoms with Crippen LogP contribution in [0.4, 0.5) is 4.39 Å². The summed E-state index contributed by atoms with van der Waals surface area (Å²) in [6.45, 7) is 6.88. The lowest BCUT2D eigenvalue weighted by Crippen LogP contribution is -2.37. The van der Waals surface area contributed by atoms with Crippen molar-refractivity contribution in [3.63, 3.8) is 0 Å². The topological polar surface area (TPSA) is 32.5 Å². The van der Waals surface area contributed by atoms with E-state index in [2.05, 4.69) is 30.8 Å². The van der Waals surface area contributed by atoms with Gasteiger partial charge in [0.15, 0.2) is 0 Å². The van der Waals surface area contributed by atoms with Gasteiger partial charge in [-0.1, -0.05) is 13.0 Å². The zero-order valence-corrected chi connectivity index (χ0v) is 12.9. The first kappa shape index (κ1) is 15.4. The Hall–Kier alpha value is -0.970. The highest BCUT2D eigenvalue weighted by Gasteiger charge is 2.35. The lowest BCUT2D eigenvalue weighted by molar-refractivity contribution is 0.219. The first-order chi connectivity index (χ1) is 9.43. The van der Waals surface area contributed by atoms with E-state index in [0.717, 1.165) is 24.2 Å². The number of hydrogen-bond donors (Lipinski definition) is 1. The smallest absolute Gasteiger partial charge is 0.123 e. The summed E-state index contributed by atoms with van der Waals surface area (Å²) in [5.74, 6) is 0.447. The second-order valence-corrected chi connectivity index (χ2v) is 6.21. The van der Waals surface area contributed by atoms with Crippen LogP contribution in [-0.2, 0) is 0 Å². The molecule has 112 valence electrons. The average Bonchev–Trinajstić information content (AvgIpc) is 2.75. The van der Waals surface area contributed by atoms with E-state index in [9.17, 15) is 4.39 Å². The van der Waals surface area contributed by atoms with Crippen molar-refractivity contribution >= 4 is 0 Å². The molecule has 0 bridgehead atoms. The molecule has 1 aromatic carbocycles. The van der Waals surface area contributed by atoms with Gasteiger partial charge in [0.05, 0.1) is 0 Å². The van der Waals surface area contributed by atoms with Crippen LogP contribution in [0.25, 0.3) is 0 Å². The molecule has 1 fully saturated rings. The first-order valence-corrected chi connectivity index (χ1v) is 7.30. The molecule has 2 rings (SSSR count). The molecule has 20 heavy (non-hydrogen) atoms. The molecule has 1 aliphatic rings. The lowest BCUT2D eigenvalue weighted by Gasteiger charge is -2.29. The molecule has 0 spiro atoms. The maximum atomic E-state index is 13.3. The summed E-state index contributed by atoms with van der Waals surface area (Å²) < 4.78 is 13.3. The third-order valence-corrected chi connectivity index (χ3v) is 4.52. The summed E-state index contributed by atoms with van der Waals surface area (Å²) in [4.78, 5) is 4.73. The van der Waals surface area contributed by atoms with Crippen molar-refractivity contribution in [2.24, 2.45) is 11.7 Å². The van der Waals surface area contributed by atoms with Crippen LogP contribution in [-0.4, -0.2) is 49.6 Å². The van der Waals surface area contributed by atoms with Gasteiger partial charge in [-0.15, -0.1) is 0 Å². The summed E-state index contributed by atoms with van der Waals surface area (Å²) in [5, 5.41) is 0. The molecule has 4 heteroatoms. The summed E-state index contributed by atoms with van der Waals surface area (Å²) in [6.07, 6.45) is 0. The molecule has 1 aliphatic heterocycles. The minimum absolute atomic E-state index is 0.178. The van der Waals surface area contributed by atoms with Crippen LogP contribution in [0.2, 0.25) is 0 Å². The number of hydrogen-bond acceptors (Lipinski definition) is 3. The third kappa shape index (κ3) is 3.03. The number of nitrogens with zero attached hydrogens (tertiary/aromatic N) is 2. The van der Waals surface area contributed by atoms with Crippen LogP contribution in [0.15, 0.2) is 18.2 Å². The molecule has 0 radical (unpaired) electrons. The van der Waals surface area contributed by atoms with Gasteiger partial charge < -0.3 is 10.6 Å². The second-order valence-electron chi connectivity index (χ2n) is 6.21. The fourth-order valence-electron chi connectivity index (χ4n) is 3.40. The van der Waals surface area contributed by atoms with Crippen LogP contribution in [0, 0.1) is 18.7 Å². The van der Waals surface area contributed by atoms with Crippen LogP contribution >= 0.6 is 0 Å². The Morgan fingerprint density at radius 3 is 2.60 bits per heavy atom. The number of nitrogens with two attached hydrogens (primary N) is 1. The number of halogens is 1. The van der Waals surface area contributed by atoms with Crippen molar-refractivity contribution in [3.8, 4) is 0 Å². The highest BCUT2D eigenvalue weighted by atomic mass is 19.1. The molecule has 2 N–H and O–H groups in total. The minimum atomic E-state index is -0.178. The summed E-state index contributed by atoms with van der Waals surface area (Å²) in [7, 11) is 4.26. The van der Waals surface area contributed by atoms with Crippen molar-refractivity contribution < 1.29 is 4.39 Å². The minimum Gasteiger partial charge on any atom is -0.329 e. The SMILES string of the molecule is Cc1cc(F)ccc1C(CN)N1CC(C)C(N(C)C)C1. The van der Waals surface area contributed by atoms with Gasteiger partial charge in [0.1, 0.15) is 5.82 Å². The zero-order chi connectivity index (χ0) is 14.9. The quantitative estimate of drug-likeness (QED) is 0.915. The Labute approximate surface area is 121 Å². The Balaban J connectivity index is 2.21. The number of likely N-dealkylation sites (tertiary alicyclic amines) is 1. The van der Waals surface area contributed by atoms with Gasteiger partial charge in [-0.25, -0.2) is 4.39 Å². The van der Waals surface area contributed by atoms with Crippen LogP contribution in [0.1, 0.15) is 24.1 Å². The van der Waals surface area contributed by atoms with Gasteiger partial charge in [0.25, 0.3) is 0 Å². The van der Waals surface area contributed by atoms with E-state index in [-0.39, 0.29) is 11.9 Å². The van der Waals surface area contributed by atoms with E-state index in [1.54, 1.807) is 6.07 Å². The summed E-state index contributed by atoms with van der Waals surface area (Å²) >= 11 is 0. The van der Waals surface area contributed by atoms with E-state index in [0.29, 0.717) is 18.5 Å². The standard InChI is InChI=1S/C16H26FN3/c1-11-7-13(17)5-6-14(11)15(8-18)20-9-12(2)16(10-20)19(3)4/h5-7,12,15-16H,8-10,18H2,1-4H3. The zero-order valence-electron chi connectivity index (χ0n) is 12.9. The lowest BCUT2D eigenvalue weighted by atomic mass is 10.00. The van der Waals surface area contributed by atoms with Gasteiger partial charge in [-0.05, 0) is 50.2 Å². The van der Waals surface area contributed by atoms with E-state index >= 15 is 0 Å². The normalized spacial score (nSPS) is 25.4.